The Morgan fingerprint density at radius 1 is 0.793 bits per heavy atom. The van der Waals surface area contributed by atoms with Gasteiger partial charge in [0, 0.05) is 15.7 Å². The fourth-order valence-electron chi connectivity index (χ4n) is 3.20. The number of carbonyl (C=O) groups is 2. The molecule has 1 aliphatic heterocycles. The molecule has 0 saturated heterocycles. The molecule has 3 aromatic carbocycles. The Labute approximate surface area is 178 Å². The molecule has 0 radical (unpaired) electrons. The maximum Gasteiger partial charge on any atom is 0.282 e. The van der Waals surface area contributed by atoms with Crippen LogP contribution in [-0.2, 0) is 9.59 Å². The zero-order valence-electron chi connectivity index (χ0n) is 15.4. The molecule has 0 saturated carbocycles. The predicted molar refractivity (Wildman–Crippen MR) is 117 cm³/mol. The topological polar surface area (TPSA) is 49.4 Å². The smallest absolute Gasteiger partial charge is 0.282 e. The highest BCUT2D eigenvalue weighted by atomic mass is 35.5. The highest BCUT2D eigenvalue weighted by Crippen LogP contribution is 2.35. The molecular formula is C23H16Cl2N2O2. The fourth-order valence-corrected chi connectivity index (χ4v) is 3.72. The summed E-state index contributed by atoms with van der Waals surface area (Å²) in [6, 6.07) is 21.3. The first-order valence-electron chi connectivity index (χ1n) is 8.92. The number of hydrogen-bond acceptors (Lipinski definition) is 3. The van der Waals surface area contributed by atoms with Crippen LogP contribution in [0.2, 0.25) is 10.0 Å². The minimum atomic E-state index is -0.465. The molecule has 0 fully saturated rings. The van der Waals surface area contributed by atoms with Crippen LogP contribution in [0.3, 0.4) is 0 Å². The average Bonchev–Trinajstić information content (AvgIpc) is 2.93. The summed E-state index contributed by atoms with van der Waals surface area (Å²) in [5.41, 5.74) is 3.29. The molecule has 0 aliphatic carbocycles. The van der Waals surface area contributed by atoms with Crippen molar-refractivity contribution >= 4 is 52.0 Å². The highest BCUT2D eigenvalue weighted by Gasteiger charge is 2.40. The number of halogens is 2. The summed E-state index contributed by atoms with van der Waals surface area (Å²) < 4.78 is 0. The zero-order chi connectivity index (χ0) is 20.5. The average molecular weight is 423 g/mol. The molecular weight excluding hydrogens is 407 g/mol. The highest BCUT2D eigenvalue weighted by molar-refractivity contribution is 6.46. The molecule has 29 heavy (non-hydrogen) atoms. The SMILES string of the molecule is Cc1ccc(NC2=C(c3ccccc3)C(=O)N(c3cc(Cl)cc(Cl)c3)C2=O)cc1. The second-order valence-corrected chi connectivity index (χ2v) is 7.55. The Kier molecular flexibility index (Phi) is 5.14. The number of aryl methyl sites for hydroxylation is 1. The minimum absolute atomic E-state index is 0.209. The van der Waals surface area contributed by atoms with E-state index in [2.05, 4.69) is 5.32 Å². The van der Waals surface area contributed by atoms with Gasteiger partial charge in [-0.2, -0.15) is 0 Å². The normalized spacial score (nSPS) is 14.0. The molecule has 0 unspecified atom stereocenters. The molecule has 1 N–H and O–H groups in total. The number of hydrogen-bond donors (Lipinski definition) is 1. The van der Waals surface area contributed by atoms with Gasteiger partial charge in [-0.1, -0.05) is 71.2 Å². The monoisotopic (exact) mass is 422 g/mol. The first-order valence-corrected chi connectivity index (χ1v) is 9.68. The quantitative estimate of drug-likeness (QED) is 0.548. The number of benzene rings is 3. The number of nitrogens with zero attached hydrogens (tertiary/aromatic N) is 1. The van der Waals surface area contributed by atoms with Crippen LogP contribution in [0.4, 0.5) is 11.4 Å². The largest absolute Gasteiger partial charge is 0.350 e. The van der Waals surface area contributed by atoms with E-state index in [4.69, 9.17) is 23.2 Å². The van der Waals surface area contributed by atoms with Crippen LogP contribution in [0, 0.1) is 6.92 Å². The van der Waals surface area contributed by atoms with Gasteiger partial charge < -0.3 is 5.32 Å². The fraction of sp³-hybridized carbons (Fsp3) is 0.0435. The Bertz CT molecular complexity index is 1120. The second kappa shape index (κ2) is 7.74. The maximum atomic E-state index is 13.3. The van der Waals surface area contributed by atoms with E-state index in [0.29, 0.717) is 32.6 Å². The van der Waals surface area contributed by atoms with E-state index in [9.17, 15) is 9.59 Å². The van der Waals surface area contributed by atoms with E-state index >= 15 is 0 Å². The summed E-state index contributed by atoms with van der Waals surface area (Å²) in [6.07, 6.45) is 0. The Morgan fingerprint density at radius 3 is 2.03 bits per heavy atom. The van der Waals surface area contributed by atoms with E-state index in [-0.39, 0.29) is 5.70 Å². The number of anilines is 2. The van der Waals surface area contributed by atoms with Crippen LogP contribution in [0.15, 0.2) is 78.5 Å². The van der Waals surface area contributed by atoms with E-state index in [1.807, 2.05) is 49.4 Å². The lowest BCUT2D eigenvalue weighted by atomic mass is 10.0. The molecule has 2 amide bonds. The molecule has 4 rings (SSSR count). The van der Waals surface area contributed by atoms with Crippen molar-refractivity contribution in [2.24, 2.45) is 0 Å². The van der Waals surface area contributed by atoms with Gasteiger partial charge in [0.1, 0.15) is 5.70 Å². The zero-order valence-corrected chi connectivity index (χ0v) is 17.0. The standard InChI is InChI=1S/C23H16Cl2N2O2/c1-14-7-9-18(10-8-14)26-21-20(15-5-3-2-4-6-15)22(28)27(23(21)29)19-12-16(24)11-17(25)13-19/h2-13,26H,1H3. The molecule has 1 aliphatic rings. The molecule has 4 nitrogen and oxygen atoms in total. The van der Waals surface area contributed by atoms with Crippen molar-refractivity contribution in [1.29, 1.82) is 0 Å². The minimum Gasteiger partial charge on any atom is -0.350 e. The van der Waals surface area contributed by atoms with Gasteiger partial charge in [-0.3, -0.25) is 9.59 Å². The van der Waals surface area contributed by atoms with Crippen molar-refractivity contribution in [3.63, 3.8) is 0 Å². The molecule has 1 heterocycles. The Morgan fingerprint density at radius 2 is 1.41 bits per heavy atom. The van der Waals surface area contributed by atoms with Gasteiger partial charge >= 0.3 is 0 Å². The van der Waals surface area contributed by atoms with E-state index in [1.54, 1.807) is 30.3 Å². The summed E-state index contributed by atoms with van der Waals surface area (Å²) in [5, 5.41) is 3.81. The van der Waals surface area contributed by atoms with Gasteiger partial charge in [-0.25, -0.2) is 4.90 Å². The first kappa shape index (κ1) is 19.2. The third-order valence-electron chi connectivity index (χ3n) is 4.57. The summed E-state index contributed by atoms with van der Waals surface area (Å²) in [5.74, 6) is -0.901. The predicted octanol–water partition coefficient (Wildman–Crippen LogP) is 5.70. The van der Waals surface area contributed by atoms with Crippen LogP contribution >= 0.6 is 23.2 Å². The van der Waals surface area contributed by atoms with Crippen LogP contribution in [0.5, 0.6) is 0 Å². The summed E-state index contributed by atoms with van der Waals surface area (Å²) in [7, 11) is 0. The third kappa shape index (κ3) is 3.77. The number of imide groups is 1. The van der Waals surface area contributed by atoms with Crippen molar-refractivity contribution < 1.29 is 9.59 Å². The summed E-state index contributed by atoms with van der Waals surface area (Å²) in [4.78, 5) is 27.7. The van der Waals surface area contributed by atoms with Gasteiger partial charge in [0.2, 0.25) is 0 Å². The lowest BCUT2D eigenvalue weighted by molar-refractivity contribution is -0.120. The number of amides is 2. The van der Waals surface area contributed by atoms with Crippen LogP contribution in [0.1, 0.15) is 11.1 Å². The van der Waals surface area contributed by atoms with Gasteiger partial charge in [0.25, 0.3) is 11.8 Å². The number of nitrogens with one attached hydrogen (secondary N) is 1. The lowest BCUT2D eigenvalue weighted by Gasteiger charge is -2.16. The van der Waals surface area contributed by atoms with Gasteiger partial charge in [0.05, 0.1) is 11.3 Å². The molecule has 144 valence electrons. The van der Waals surface area contributed by atoms with Crippen molar-refractivity contribution in [3.05, 3.63) is 99.7 Å². The molecule has 0 spiro atoms. The van der Waals surface area contributed by atoms with Crippen LogP contribution in [-0.4, -0.2) is 11.8 Å². The second-order valence-electron chi connectivity index (χ2n) is 6.68. The summed E-state index contributed by atoms with van der Waals surface area (Å²) in [6.45, 7) is 1.98. The Balaban J connectivity index is 1.82. The number of carbonyl (C=O) groups excluding carboxylic acids is 2. The Hall–Kier alpha value is -3.08. The van der Waals surface area contributed by atoms with Crippen LogP contribution < -0.4 is 10.2 Å². The lowest BCUT2D eigenvalue weighted by Crippen LogP contribution is -2.32. The molecule has 6 heteroatoms. The van der Waals surface area contributed by atoms with E-state index in [0.717, 1.165) is 10.5 Å². The van der Waals surface area contributed by atoms with E-state index < -0.39 is 11.8 Å². The third-order valence-corrected chi connectivity index (χ3v) is 5.01. The van der Waals surface area contributed by atoms with Crippen molar-refractivity contribution in [2.75, 3.05) is 10.2 Å². The van der Waals surface area contributed by atoms with Crippen molar-refractivity contribution in [3.8, 4) is 0 Å². The van der Waals surface area contributed by atoms with Gasteiger partial charge in [-0.15, -0.1) is 0 Å². The molecule has 0 bridgehead atoms. The van der Waals surface area contributed by atoms with Gasteiger partial charge in [0.15, 0.2) is 0 Å². The maximum absolute atomic E-state index is 13.3. The van der Waals surface area contributed by atoms with Crippen molar-refractivity contribution in [2.45, 2.75) is 6.92 Å². The van der Waals surface area contributed by atoms with Crippen molar-refractivity contribution in [1.82, 2.24) is 0 Å². The van der Waals surface area contributed by atoms with Gasteiger partial charge in [-0.05, 0) is 42.8 Å². The molecule has 0 atom stereocenters. The van der Waals surface area contributed by atoms with Crippen LogP contribution in [0.25, 0.3) is 5.57 Å². The number of rotatable bonds is 4. The summed E-state index contributed by atoms with van der Waals surface area (Å²) >= 11 is 12.2. The molecule has 3 aromatic rings. The first-order chi connectivity index (χ1) is 13.9. The molecule has 0 aromatic heterocycles. The van der Waals surface area contributed by atoms with E-state index in [1.165, 1.54) is 0 Å².